The molecule has 0 nitrogen and oxygen atoms in total. The predicted octanol–water partition coefficient (Wildman–Crippen LogP) is 4.72. The van der Waals surface area contributed by atoms with E-state index in [1.165, 1.54) is 5.57 Å². The summed E-state index contributed by atoms with van der Waals surface area (Å²) in [5.74, 6) is 0. The topological polar surface area (TPSA) is 0 Å². The first-order valence-corrected chi connectivity index (χ1v) is 5.69. The normalized spacial score (nSPS) is 13.7. The maximum absolute atomic E-state index is 13.2. The van der Waals surface area contributed by atoms with E-state index in [1.54, 1.807) is 6.08 Å². The fourth-order valence-corrected chi connectivity index (χ4v) is 1.33. The van der Waals surface area contributed by atoms with Crippen LogP contribution < -0.4 is 0 Å². The van der Waals surface area contributed by atoms with Gasteiger partial charge in [-0.1, -0.05) is 30.7 Å². The van der Waals surface area contributed by atoms with Crippen LogP contribution in [-0.4, -0.2) is 19.0 Å². The lowest BCUT2D eigenvalue weighted by atomic mass is 10.0. The SMILES string of the molecule is CCC=C(C)CC=CCCC(F)(CF)CF. The van der Waals surface area contributed by atoms with Gasteiger partial charge in [0, 0.05) is 0 Å². The van der Waals surface area contributed by atoms with Crippen molar-refractivity contribution in [3.8, 4) is 0 Å². The molecule has 0 bridgehead atoms. The summed E-state index contributed by atoms with van der Waals surface area (Å²) in [6.45, 7) is 1.60. The fraction of sp³-hybridized carbons (Fsp3) is 0.692. The van der Waals surface area contributed by atoms with Crippen molar-refractivity contribution in [3.63, 3.8) is 0 Å². The highest BCUT2D eigenvalue weighted by molar-refractivity contribution is 5.04. The van der Waals surface area contributed by atoms with E-state index < -0.39 is 19.0 Å². The Morgan fingerprint density at radius 1 is 1.19 bits per heavy atom. The highest BCUT2D eigenvalue weighted by Crippen LogP contribution is 2.20. The summed E-state index contributed by atoms with van der Waals surface area (Å²) in [4.78, 5) is 0. The average molecular weight is 234 g/mol. The molecule has 0 rings (SSSR count). The molecule has 0 radical (unpaired) electrons. The zero-order valence-corrected chi connectivity index (χ0v) is 10.1. The second-order valence-electron chi connectivity index (χ2n) is 4.09. The molecular formula is C13H21F3. The molecule has 0 unspecified atom stereocenters. The molecule has 0 aromatic carbocycles. The van der Waals surface area contributed by atoms with Crippen molar-refractivity contribution in [2.24, 2.45) is 0 Å². The lowest BCUT2D eigenvalue weighted by molar-refractivity contribution is 0.0780. The van der Waals surface area contributed by atoms with Crippen LogP contribution in [0.1, 0.15) is 39.5 Å². The van der Waals surface area contributed by atoms with E-state index >= 15 is 0 Å². The first-order valence-electron chi connectivity index (χ1n) is 5.69. The zero-order valence-electron chi connectivity index (χ0n) is 10.1. The Morgan fingerprint density at radius 2 is 1.81 bits per heavy atom. The zero-order chi connectivity index (χ0) is 12.4. The Labute approximate surface area is 96.2 Å². The van der Waals surface area contributed by atoms with Crippen LogP contribution in [0, 0.1) is 0 Å². The highest BCUT2D eigenvalue weighted by Gasteiger charge is 2.28. The molecule has 0 aromatic heterocycles. The summed E-state index contributed by atoms with van der Waals surface area (Å²) in [5.41, 5.74) is -1.03. The Morgan fingerprint density at radius 3 is 2.31 bits per heavy atom. The second kappa shape index (κ2) is 8.43. The minimum Gasteiger partial charge on any atom is -0.247 e. The summed E-state index contributed by atoms with van der Waals surface area (Å²) in [6, 6.07) is 0. The van der Waals surface area contributed by atoms with Gasteiger partial charge in [-0.25, -0.2) is 13.2 Å². The van der Waals surface area contributed by atoms with Gasteiger partial charge in [-0.15, -0.1) is 0 Å². The van der Waals surface area contributed by atoms with Crippen molar-refractivity contribution in [2.75, 3.05) is 13.3 Å². The van der Waals surface area contributed by atoms with Gasteiger partial charge in [0.1, 0.15) is 13.3 Å². The van der Waals surface area contributed by atoms with E-state index in [0.29, 0.717) is 6.42 Å². The van der Waals surface area contributed by atoms with E-state index in [9.17, 15) is 13.2 Å². The summed E-state index contributed by atoms with van der Waals surface area (Å²) in [5, 5.41) is 0. The first kappa shape index (κ1) is 15.3. The molecule has 16 heavy (non-hydrogen) atoms. The monoisotopic (exact) mass is 234 g/mol. The van der Waals surface area contributed by atoms with Crippen molar-refractivity contribution in [3.05, 3.63) is 23.8 Å². The Kier molecular flexibility index (Phi) is 8.04. The van der Waals surface area contributed by atoms with Crippen molar-refractivity contribution in [1.29, 1.82) is 0 Å². The van der Waals surface area contributed by atoms with Crippen LogP contribution in [0.2, 0.25) is 0 Å². The van der Waals surface area contributed by atoms with Crippen LogP contribution >= 0.6 is 0 Å². The van der Waals surface area contributed by atoms with Gasteiger partial charge in [-0.2, -0.15) is 0 Å². The molecule has 3 heteroatoms. The maximum Gasteiger partial charge on any atom is 0.167 e. The quantitative estimate of drug-likeness (QED) is 0.533. The van der Waals surface area contributed by atoms with E-state index in [-0.39, 0.29) is 6.42 Å². The molecule has 0 saturated carbocycles. The number of hydrogen-bond acceptors (Lipinski definition) is 0. The van der Waals surface area contributed by atoms with Gasteiger partial charge in [0.25, 0.3) is 0 Å². The fourth-order valence-electron chi connectivity index (χ4n) is 1.33. The number of halogens is 3. The summed E-state index contributed by atoms with van der Waals surface area (Å²) in [6.07, 6.45) is 7.92. The van der Waals surface area contributed by atoms with Crippen LogP contribution in [0.3, 0.4) is 0 Å². The third-order valence-electron chi connectivity index (χ3n) is 2.40. The molecule has 0 heterocycles. The third-order valence-corrected chi connectivity index (χ3v) is 2.40. The van der Waals surface area contributed by atoms with Gasteiger partial charge >= 0.3 is 0 Å². The molecular weight excluding hydrogens is 213 g/mol. The van der Waals surface area contributed by atoms with Crippen molar-refractivity contribution in [2.45, 2.75) is 45.2 Å². The second-order valence-corrected chi connectivity index (χ2v) is 4.09. The van der Waals surface area contributed by atoms with Gasteiger partial charge in [0.05, 0.1) is 0 Å². The van der Waals surface area contributed by atoms with E-state index in [0.717, 1.165) is 12.8 Å². The Hall–Kier alpha value is -0.730. The summed E-state index contributed by atoms with van der Waals surface area (Å²) < 4.78 is 37.4. The Balaban J connectivity index is 3.81. The van der Waals surface area contributed by atoms with Gasteiger partial charge in [0.2, 0.25) is 0 Å². The number of alkyl halides is 3. The van der Waals surface area contributed by atoms with Crippen LogP contribution in [0.4, 0.5) is 13.2 Å². The van der Waals surface area contributed by atoms with Gasteiger partial charge in [-0.3, -0.25) is 0 Å². The van der Waals surface area contributed by atoms with Crippen LogP contribution in [0.5, 0.6) is 0 Å². The molecule has 0 aliphatic carbocycles. The van der Waals surface area contributed by atoms with Gasteiger partial charge in [0.15, 0.2) is 5.67 Å². The highest BCUT2D eigenvalue weighted by atomic mass is 19.2. The van der Waals surface area contributed by atoms with Crippen LogP contribution in [0.25, 0.3) is 0 Å². The lowest BCUT2D eigenvalue weighted by Crippen LogP contribution is -2.27. The lowest BCUT2D eigenvalue weighted by Gasteiger charge is -2.16. The standard InChI is InChI=1S/C13H21F3/c1-3-7-12(2)8-5-4-6-9-13(16,10-14)11-15/h4-5,7H,3,6,8-11H2,1-2H3. The van der Waals surface area contributed by atoms with Gasteiger partial charge in [-0.05, 0) is 32.6 Å². The third kappa shape index (κ3) is 6.70. The average Bonchev–Trinajstić information content (AvgIpc) is 2.28. The molecule has 0 N–H and O–H groups in total. The molecule has 0 atom stereocenters. The largest absolute Gasteiger partial charge is 0.247 e. The van der Waals surface area contributed by atoms with Crippen LogP contribution in [-0.2, 0) is 0 Å². The van der Waals surface area contributed by atoms with E-state index in [4.69, 9.17) is 0 Å². The molecule has 0 aliphatic rings. The van der Waals surface area contributed by atoms with Crippen molar-refractivity contribution >= 4 is 0 Å². The number of allylic oxidation sites excluding steroid dienone is 4. The van der Waals surface area contributed by atoms with Crippen LogP contribution in [0.15, 0.2) is 23.8 Å². The first-order chi connectivity index (χ1) is 7.58. The van der Waals surface area contributed by atoms with E-state index in [1.807, 2.05) is 13.0 Å². The molecule has 94 valence electrons. The number of hydrogen-bond donors (Lipinski definition) is 0. The maximum atomic E-state index is 13.2. The predicted molar refractivity (Wildman–Crippen MR) is 62.8 cm³/mol. The molecule has 0 saturated heterocycles. The Bertz CT molecular complexity index is 227. The smallest absolute Gasteiger partial charge is 0.167 e. The minimum absolute atomic E-state index is 0.0902. The molecule has 0 spiro atoms. The molecule has 0 aliphatic heterocycles. The summed E-state index contributed by atoms with van der Waals surface area (Å²) >= 11 is 0. The van der Waals surface area contributed by atoms with Crippen molar-refractivity contribution < 1.29 is 13.2 Å². The molecule has 0 fully saturated rings. The van der Waals surface area contributed by atoms with Crippen molar-refractivity contribution in [1.82, 2.24) is 0 Å². The van der Waals surface area contributed by atoms with Gasteiger partial charge < -0.3 is 0 Å². The molecule has 0 amide bonds. The minimum atomic E-state index is -2.28. The van der Waals surface area contributed by atoms with E-state index in [2.05, 4.69) is 13.0 Å². The number of rotatable bonds is 8. The molecule has 0 aromatic rings. The summed E-state index contributed by atoms with van der Waals surface area (Å²) in [7, 11) is 0.